The number of carbonyl (C=O) groups is 1. The lowest BCUT2D eigenvalue weighted by molar-refractivity contribution is -0.115. The minimum Gasteiger partial charge on any atom is -0.396 e. The summed E-state index contributed by atoms with van der Waals surface area (Å²) in [6.45, 7) is 0.232. The van der Waals surface area contributed by atoms with E-state index >= 15 is 0 Å². The van der Waals surface area contributed by atoms with Gasteiger partial charge in [-0.3, -0.25) is 4.79 Å². The fourth-order valence-electron chi connectivity index (χ4n) is 1.49. The van der Waals surface area contributed by atoms with Crippen LogP contribution in [0.15, 0.2) is 12.1 Å². The standard InChI is InChI=1S/C9H10FN3O/c1-13-4-9(14)12-7-3-6(11)5(10)2-8(7)13/h2-3H,4,11H2,1H3,(H,12,14). The SMILES string of the molecule is CN1CC(=O)Nc2cc(N)c(F)cc21. The zero-order valence-corrected chi connectivity index (χ0v) is 7.67. The summed E-state index contributed by atoms with van der Waals surface area (Å²) in [4.78, 5) is 12.8. The maximum atomic E-state index is 13.1. The quantitative estimate of drug-likeness (QED) is 0.602. The molecule has 0 radical (unpaired) electrons. The van der Waals surface area contributed by atoms with E-state index in [1.165, 1.54) is 12.1 Å². The summed E-state index contributed by atoms with van der Waals surface area (Å²) >= 11 is 0. The highest BCUT2D eigenvalue weighted by Crippen LogP contribution is 2.31. The molecule has 3 N–H and O–H groups in total. The number of amides is 1. The molecule has 1 amide bonds. The molecule has 0 saturated heterocycles. The number of nitrogens with two attached hydrogens (primary N) is 1. The predicted molar refractivity (Wildman–Crippen MR) is 52.7 cm³/mol. The molecular weight excluding hydrogens is 185 g/mol. The molecule has 0 fully saturated rings. The largest absolute Gasteiger partial charge is 0.396 e. The highest BCUT2D eigenvalue weighted by atomic mass is 19.1. The molecule has 74 valence electrons. The molecule has 1 heterocycles. The van der Waals surface area contributed by atoms with Gasteiger partial charge < -0.3 is 16.0 Å². The molecule has 1 aliphatic rings. The molecule has 0 saturated carbocycles. The van der Waals surface area contributed by atoms with Crippen LogP contribution in [-0.2, 0) is 4.79 Å². The van der Waals surface area contributed by atoms with Crippen LogP contribution in [0.3, 0.4) is 0 Å². The second kappa shape index (κ2) is 2.87. The van der Waals surface area contributed by atoms with Crippen molar-refractivity contribution in [2.45, 2.75) is 0 Å². The highest BCUT2D eigenvalue weighted by molar-refractivity contribution is 6.01. The summed E-state index contributed by atoms with van der Waals surface area (Å²) in [5.41, 5.74) is 6.64. The number of halogens is 1. The van der Waals surface area contributed by atoms with Crippen LogP contribution in [0.5, 0.6) is 0 Å². The second-order valence-electron chi connectivity index (χ2n) is 3.30. The molecule has 0 spiro atoms. The Bertz CT molecular complexity index is 405. The van der Waals surface area contributed by atoms with Gasteiger partial charge >= 0.3 is 0 Å². The van der Waals surface area contributed by atoms with E-state index in [-0.39, 0.29) is 18.1 Å². The van der Waals surface area contributed by atoms with Crippen molar-refractivity contribution < 1.29 is 9.18 Å². The Morgan fingerprint density at radius 2 is 2.29 bits per heavy atom. The molecule has 1 aliphatic heterocycles. The van der Waals surface area contributed by atoms with Crippen LogP contribution in [-0.4, -0.2) is 19.5 Å². The van der Waals surface area contributed by atoms with E-state index in [1.54, 1.807) is 11.9 Å². The summed E-state index contributed by atoms with van der Waals surface area (Å²) in [5.74, 6) is -0.585. The molecule has 0 atom stereocenters. The van der Waals surface area contributed by atoms with Crippen molar-refractivity contribution in [3.05, 3.63) is 17.9 Å². The summed E-state index contributed by atoms with van der Waals surface area (Å²) in [6, 6.07) is 2.75. The minimum atomic E-state index is -0.466. The first-order valence-corrected chi connectivity index (χ1v) is 4.18. The summed E-state index contributed by atoms with van der Waals surface area (Å²) in [7, 11) is 1.73. The Balaban J connectivity index is 2.54. The molecule has 14 heavy (non-hydrogen) atoms. The number of anilines is 3. The van der Waals surface area contributed by atoms with E-state index < -0.39 is 5.82 Å². The van der Waals surface area contributed by atoms with E-state index in [4.69, 9.17) is 5.73 Å². The number of rotatable bonds is 0. The number of hydrogen-bond donors (Lipinski definition) is 2. The maximum Gasteiger partial charge on any atom is 0.243 e. The number of benzene rings is 1. The Hall–Kier alpha value is -1.78. The van der Waals surface area contributed by atoms with Crippen LogP contribution in [0.2, 0.25) is 0 Å². The molecule has 5 heteroatoms. The molecule has 1 aromatic carbocycles. The van der Waals surface area contributed by atoms with Crippen LogP contribution >= 0.6 is 0 Å². The average molecular weight is 195 g/mol. The highest BCUT2D eigenvalue weighted by Gasteiger charge is 2.20. The van der Waals surface area contributed by atoms with E-state index in [1.807, 2.05) is 0 Å². The van der Waals surface area contributed by atoms with Crippen molar-refractivity contribution in [3.8, 4) is 0 Å². The van der Waals surface area contributed by atoms with Crippen LogP contribution in [0.4, 0.5) is 21.5 Å². The Labute approximate surface area is 80.5 Å². The lowest BCUT2D eigenvalue weighted by atomic mass is 10.2. The molecule has 0 aromatic heterocycles. The summed E-state index contributed by atoms with van der Waals surface area (Å²) < 4.78 is 13.1. The van der Waals surface area contributed by atoms with E-state index in [0.29, 0.717) is 11.4 Å². The first kappa shape index (κ1) is 8.80. The van der Waals surface area contributed by atoms with Gasteiger partial charge in [0.1, 0.15) is 5.82 Å². The van der Waals surface area contributed by atoms with Gasteiger partial charge in [0.15, 0.2) is 0 Å². The smallest absolute Gasteiger partial charge is 0.243 e. The van der Waals surface area contributed by atoms with Gasteiger partial charge in [0.25, 0.3) is 0 Å². The summed E-state index contributed by atoms with van der Waals surface area (Å²) in [6.07, 6.45) is 0. The van der Waals surface area contributed by atoms with E-state index in [2.05, 4.69) is 5.32 Å². The molecule has 0 aliphatic carbocycles. The number of fused-ring (bicyclic) bond motifs is 1. The predicted octanol–water partition coefficient (Wildman–Crippen LogP) is 0.796. The van der Waals surface area contributed by atoms with Gasteiger partial charge in [-0.05, 0) is 6.07 Å². The van der Waals surface area contributed by atoms with Gasteiger partial charge in [0.2, 0.25) is 5.91 Å². The lowest BCUT2D eigenvalue weighted by Crippen LogP contribution is -2.35. The number of nitrogens with zero attached hydrogens (tertiary/aromatic N) is 1. The van der Waals surface area contributed by atoms with Gasteiger partial charge in [-0.1, -0.05) is 0 Å². The lowest BCUT2D eigenvalue weighted by Gasteiger charge is -2.27. The average Bonchev–Trinajstić information content (AvgIpc) is 2.08. The number of likely N-dealkylation sites (N-methyl/N-ethyl adjacent to an activating group) is 1. The Kier molecular flexibility index (Phi) is 1.80. The monoisotopic (exact) mass is 195 g/mol. The van der Waals surface area contributed by atoms with Crippen molar-refractivity contribution >= 4 is 23.0 Å². The summed E-state index contributed by atoms with van der Waals surface area (Å²) in [5, 5.41) is 2.63. The minimum absolute atomic E-state index is 0.0411. The zero-order chi connectivity index (χ0) is 10.3. The first-order valence-electron chi connectivity index (χ1n) is 4.18. The number of hydrogen-bond acceptors (Lipinski definition) is 3. The zero-order valence-electron chi connectivity index (χ0n) is 7.67. The van der Waals surface area contributed by atoms with E-state index in [9.17, 15) is 9.18 Å². The molecule has 2 rings (SSSR count). The first-order chi connectivity index (χ1) is 6.58. The van der Waals surface area contributed by atoms with Gasteiger partial charge in [0, 0.05) is 13.1 Å². The molecule has 1 aromatic rings. The van der Waals surface area contributed by atoms with Gasteiger partial charge in [-0.15, -0.1) is 0 Å². The molecular formula is C9H10FN3O. The van der Waals surface area contributed by atoms with Gasteiger partial charge in [-0.25, -0.2) is 4.39 Å². The third kappa shape index (κ3) is 1.26. The van der Waals surface area contributed by atoms with E-state index in [0.717, 1.165) is 0 Å². The van der Waals surface area contributed by atoms with Crippen molar-refractivity contribution in [3.63, 3.8) is 0 Å². The van der Waals surface area contributed by atoms with Gasteiger partial charge in [0.05, 0.1) is 23.6 Å². The topological polar surface area (TPSA) is 58.4 Å². The van der Waals surface area contributed by atoms with Crippen molar-refractivity contribution in [1.82, 2.24) is 0 Å². The van der Waals surface area contributed by atoms with Gasteiger partial charge in [-0.2, -0.15) is 0 Å². The fourth-order valence-corrected chi connectivity index (χ4v) is 1.49. The van der Waals surface area contributed by atoms with Crippen LogP contribution in [0.25, 0.3) is 0 Å². The van der Waals surface area contributed by atoms with Crippen molar-refractivity contribution in [2.24, 2.45) is 0 Å². The number of nitrogens with one attached hydrogen (secondary N) is 1. The normalized spacial score (nSPS) is 15.0. The third-order valence-electron chi connectivity index (χ3n) is 2.18. The number of nitrogen functional groups attached to an aromatic ring is 1. The fraction of sp³-hybridized carbons (Fsp3) is 0.222. The van der Waals surface area contributed by atoms with Crippen molar-refractivity contribution in [2.75, 3.05) is 29.5 Å². The Morgan fingerprint density at radius 1 is 1.57 bits per heavy atom. The Morgan fingerprint density at radius 3 is 3.00 bits per heavy atom. The van der Waals surface area contributed by atoms with Crippen LogP contribution < -0.4 is 16.0 Å². The molecule has 0 unspecified atom stereocenters. The molecule has 4 nitrogen and oxygen atoms in total. The van der Waals surface area contributed by atoms with Crippen LogP contribution in [0, 0.1) is 5.82 Å². The van der Waals surface area contributed by atoms with Crippen LogP contribution in [0.1, 0.15) is 0 Å². The third-order valence-corrected chi connectivity index (χ3v) is 2.18. The number of carbonyl (C=O) groups excluding carboxylic acids is 1. The second-order valence-corrected chi connectivity index (χ2v) is 3.30. The van der Waals surface area contributed by atoms with Crippen molar-refractivity contribution in [1.29, 1.82) is 0 Å². The molecule has 0 bridgehead atoms. The maximum absolute atomic E-state index is 13.1.